The second kappa shape index (κ2) is 7.03. The molecule has 0 fully saturated rings. The van der Waals surface area contributed by atoms with Crippen molar-refractivity contribution >= 4 is 17.6 Å². The summed E-state index contributed by atoms with van der Waals surface area (Å²) in [5.74, 6) is -0.836. The number of para-hydroxylation sites is 1. The van der Waals surface area contributed by atoms with E-state index in [1.807, 2.05) is 0 Å². The first-order chi connectivity index (χ1) is 11.3. The highest BCUT2D eigenvalue weighted by Crippen LogP contribution is 2.34. The molecule has 1 atom stereocenters. The topological polar surface area (TPSA) is 84.2 Å². The molecule has 2 rings (SSSR count). The first kappa shape index (κ1) is 17.3. The van der Waals surface area contributed by atoms with Crippen LogP contribution in [0.5, 0.6) is 0 Å². The molecule has 8 heteroatoms. The predicted molar refractivity (Wildman–Crippen MR) is 82.0 cm³/mol. The van der Waals surface area contributed by atoms with E-state index < -0.39 is 35.4 Å². The Kier molecular flexibility index (Phi) is 5.08. The number of amides is 3. The number of hydrogen-bond donors (Lipinski definition) is 3. The number of halogens is 3. The molecule has 0 aliphatic rings. The number of hydrogen-bond acceptors (Lipinski definition) is 2. The van der Waals surface area contributed by atoms with Gasteiger partial charge in [-0.1, -0.05) is 42.5 Å². The molecule has 126 valence electrons. The fourth-order valence-corrected chi connectivity index (χ4v) is 2.13. The van der Waals surface area contributed by atoms with Crippen LogP contribution in [0.25, 0.3) is 0 Å². The smallest absolute Gasteiger partial charge is 0.352 e. The Bertz CT molecular complexity index is 733. The minimum atomic E-state index is -4.62. The van der Waals surface area contributed by atoms with Gasteiger partial charge in [0.15, 0.2) is 0 Å². The molecule has 0 spiro atoms. The van der Waals surface area contributed by atoms with Gasteiger partial charge in [0.05, 0.1) is 11.3 Å². The molecule has 4 N–H and O–H groups in total. The van der Waals surface area contributed by atoms with E-state index in [-0.39, 0.29) is 0 Å². The summed E-state index contributed by atoms with van der Waals surface area (Å²) in [4.78, 5) is 23.5. The lowest BCUT2D eigenvalue weighted by molar-refractivity contribution is -0.137. The number of carbonyl (C=O) groups excluding carboxylic acids is 2. The van der Waals surface area contributed by atoms with Crippen molar-refractivity contribution in [3.63, 3.8) is 0 Å². The third-order valence-electron chi connectivity index (χ3n) is 3.17. The molecule has 5 nitrogen and oxygen atoms in total. The number of benzene rings is 2. The lowest BCUT2D eigenvalue weighted by Crippen LogP contribution is -2.40. The van der Waals surface area contributed by atoms with Gasteiger partial charge in [-0.05, 0) is 17.7 Å². The highest BCUT2D eigenvalue weighted by molar-refractivity contribution is 5.98. The van der Waals surface area contributed by atoms with Gasteiger partial charge in [-0.25, -0.2) is 4.79 Å². The summed E-state index contributed by atoms with van der Waals surface area (Å²) >= 11 is 0. The summed E-state index contributed by atoms with van der Waals surface area (Å²) in [6.07, 6.45) is -4.62. The van der Waals surface area contributed by atoms with Gasteiger partial charge in [0, 0.05) is 0 Å². The van der Waals surface area contributed by atoms with Crippen molar-refractivity contribution in [3.8, 4) is 0 Å². The van der Waals surface area contributed by atoms with Gasteiger partial charge in [0.25, 0.3) is 5.91 Å². The highest BCUT2D eigenvalue weighted by Gasteiger charge is 2.34. The first-order valence-corrected chi connectivity index (χ1v) is 6.87. The van der Waals surface area contributed by atoms with E-state index in [0.717, 1.165) is 12.1 Å². The summed E-state index contributed by atoms with van der Waals surface area (Å²) < 4.78 is 39.0. The molecule has 2 aromatic rings. The van der Waals surface area contributed by atoms with Crippen molar-refractivity contribution in [1.29, 1.82) is 0 Å². The Morgan fingerprint density at radius 3 is 2.12 bits per heavy atom. The zero-order valence-electron chi connectivity index (χ0n) is 12.3. The summed E-state index contributed by atoms with van der Waals surface area (Å²) in [6.45, 7) is 0. The second-order valence-electron chi connectivity index (χ2n) is 4.88. The van der Waals surface area contributed by atoms with Gasteiger partial charge in [0.1, 0.15) is 6.04 Å². The van der Waals surface area contributed by atoms with E-state index in [1.54, 1.807) is 30.3 Å². The van der Waals surface area contributed by atoms with Crippen LogP contribution in [0.15, 0.2) is 54.6 Å². The fraction of sp³-hybridized carbons (Fsp3) is 0.125. The molecule has 0 aliphatic heterocycles. The molecule has 1 unspecified atom stereocenters. The van der Waals surface area contributed by atoms with Gasteiger partial charge >= 0.3 is 12.2 Å². The lowest BCUT2D eigenvalue weighted by atomic mass is 10.1. The zero-order chi connectivity index (χ0) is 17.7. The van der Waals surface area contributed by atoms with Gasteiger partial charge in [-0.3, -0.25) is 4.79 Å². The monoisotopic (exact) mass is 337 g/mol. The first-order valence-electron chi connectivity index (χ1n) is 6.87. The number of carbonyl (C=O) groups is 2. The predicted octanol–water partition coefficient (Wildman–Crippen LogP) is 3.05. The third-order valence-corrected chi connectivity index (χ3v) is 3.17. The Balaban J connectivity index is 2.31. The van der Waals surface area contributed by atoms with Crippen LogP contribution in [0, 0.1) is 0 Å². The number of nitrogens with one attached hydrogen (secondary N) is 2. The number of urea groups is 1. The number of alkyl halides is 3. The van der Waals surface area contributed by atoms with E-state index >= 15 is 0 Å². The van der Waals surface area contributed by atoms with Crippen LogP contribution < -0.4 is 16.4 Å². The maximum absolute atomic E-state index is 13.0. The summed E-state index contributed by atoms with van der Waals surface area (Å²) in [5.41, 5.74) is 4.06. The zero-order valence-corrected chi connectivity index (χ0v) is 12.3. The van der Waals surface area contributed by atoms with Gasteiger partial charge in [-0.2, -0.15) is 13.2 Å². The molecule has 0 aromatic heterocycles. The quantitative estimate of drug-likeness (QED) is 0.801. The van der Waals surface area contributed by atoms with Crippen LogP contribution in [-0.4, -0.2) is 11.9 Å². The Morgan fingerprint density at radius 1 is 0.958 bits per heavy atom. The lowest BCUT2D eigenvalue weighted by Gasteiger charge is -2.19. The van der Waals surface area contributed by atoms with Crippen molar-refractivity contribution in [1.82, 2.24) is 5.32 Å². The Labute approximate surface area is 135 Å². The molecule has 0 saturated carbocycles. The molecular formula is C16H14F3N3O2. The molecule has 0 radical (unpaired) electrons. The second-order valence-corrected chi connectivity index (χ2v) is 4.88. The summed E-state index contributed by atoms with van der Waals surface area (Å²) in [7, 11) is 0. The van der Waals surface area contributed by atoms with Crippen LogP contribution in [0.3, 0.4) is 0 Å². The normalized spacial score (nSPS) is 12.3. The minimum absolute atomic E-state index is 0.387. The van der Waals surface area contributed by atoms with Crippen LogP contribution in [-0.2, 0) is 11.0 Å². The maximum atomic E-state index is 13.0. The van der Waals surface area contributed by atoms with Crippen LogP contribution >= 0.6 is 0 Å². The van der Waals surface area contributed by atoms with Crippen LogP contribution in [0.2, 0.25) is 0 Å². The summed E-state index contributed by atoms with van der Waals surface area (Å²) in [6, 6.07) is 10.4. The minimum Gasteiger partial charge on any atom is -0.352 e. The van der Waals surface area contributed by atoms with Crippen molar-refractivity contribution < 1.29 is 22.8 Å². The Hall–Kier alpha value is -3.03. The molecule has 0 heterocycles. The van der Waals surface area contributed by atoms with Crippen molar-refractivity contribution in [2.24, 2.45) is 5.73 Å². The van der Waals surface area contributed by atoms with Gasteiger partial charge in [0.2, 0.25) is 0 Å². The van der Waals surface area contributed by atoms with Crippen LogP contribution in [0.4, 0.5) is 23.7 Å². The number of anilines is 1. The molecule has 2 aromatic carbocycles. The molecule has 0 aliphatic carbocycles. The van der Waals surface area contributed by atoms with Crippen molar-refractivity contribution in [2.75, 3.05) is 5.32 Å². The third kappa shape index (κ3) is 4.25. The largest absolute Gasteiger partial charge is 0.418 e. The van der Waals surface area contributed by atoms with E-state index in [9.17, 15) is 22.8 Å². The average Bonchev–Trinajstić information content (AvgIpc) is 2.52. The van der Waals surface area contributed by atoms with E-state index in [2.05, 4.69) is 10.6 Å². The molecule has 24 heavy (non-hydrogen) atoms. The number of nitrogens with two attached hydrogens (primary N) is 1. The number of rotatable bonds is 4. The molecular weight excluding hydrogens is 323 g/mol. The summed E-state index contributed by atoms with van der Waals surface area (Å²) in [5, 5.41) is 4.41. The fourth-order valence-electron chi connectivity index (χ4n) is 2.13. The SMILES string of the molecule is NC(=O)NC(C(=O)Nc1ccccc1C(F)(F)F)c1ccccc1. The molecule has 0 bridgehead atoms. The van der Waals surface area contributed by atoms with Crippen LogP contribution in [0.1, 0.15) is 17.2 Å². The number of primary amides is 1. The van der Waals surface area contributed by atoms with Crippen molar-refractivity contribution in [3.05, 3.63) is 65.7 Å². The van der Waals surface area contributed by atoms with Crippen molar-refractivity contribution in [2.45, 2.75) is 12.2 Å². The van der Waals surface area contributed by atoms with Gasteiger partial charge in [-0.15, -0.1) is 0 Å². The maximum Gasteiger partial charge on any atom is 0.418 e. The van der Waals surface area contributed by atoms with E-state index in [1.165, 1.54) is 12.1 Å². The van der Waals surface area contributed by atoms with E-state index in [0.29, 0.717) is 5.56 Å². The molecule has 0 saturated heterocycles. The van der Waals surface area contributed by atoms with Gasteiger partial charge < -0.3 is 16.4 Å². The highest BCUT2D eigenvalue weighted by atomic mass is 19.4. The molecule has 3 amide bonds. The van der Waals surface area contributed by atoms with E-state index in [4.69, 9.17) is 5.73 Å². The standard InChI is InChI=1S/C16H14F3N3O2/c17-16(18,19)11-8-4-5-9-12(11)21-14(23)13(22-15(20)24)10-6-2-1-3-7-10/h1-9,13H,(H,21,23)(H3,20,22,24). The Morgan fingerprint density at radius 2 is 1.54 bits per heavy atom. The average molecular weight is 337 g/mol.